The fourth-order valence-corrected chi connectivity index (χ4v) is 5.57. The lowest BCUT2D eigenvalue weighted by Crippen LogP contribution is -2.42. The van der Waals surface area contributed by atoms with Gasteiger partial charge in [-0.25, -0.2) is 9.18 Å². The first-order valence-corrected chi connectivity index (χ1v) is 15.7. The minimum absolute atomic E-state index is 0.0577. The van der Waals surface area contributed by atoms with Crippen molar-refractivity contribution in [1.29, 1.82) is 0 Å². The number of carbonyl (C=O) groups excluding carboxylic acids is 2. The molecule has 2 amide bonds. The Morgan fingerprint density at radius 2 is 1.63 bits per heavy atom. The molecule has 1 aliphatic rings. The zero-order valence-electron chi connectivity index (χ0n) is 26.1. The van der Waals surface area contributed by atoms with Crippen LogP contribution in [-0.4, -0.2) is 72.8 Å². The van der Waals surface area contributed by atoms with Gasteiger partial charge in [0.2, 0.25) is 0 Å². The highest BCUT2D eigenvalue weighted by Gasteiger charge is 2.24. The lowest BCUT2D eigenvalue weighted by molar-refractivity contribution is 0.0539. The van der Waals surface area contributed by atoms with Gasteiger partial charge in [0.05, 0.1) is 11.3 Å². The summed E-state index contributed by atoms with van der Waals surface area (Å²) in [5.41, 5.74) is 4.57. The van der Waals surface area contributed by atoms with Crippen LogP contribution in [0.15, 0.2) is 97.1 Å². The van der Waals surface area contributed by atoms with Gasteiger partial charge in [0.15, 0.2) is 0 Å². The number of likely N-dealkylation sites (N-methyl/N-ethyl adjacent to an activating group) is 1. The van der Waals surface area contributed by atoms with Gasteiger partial charge in [0, 0.05) is 45.3 Å². The maximum absolute atomic E-state index is 14.9. The molecule has 46 heavy (non-hydrogen) atoms. The Morgan fingerprint density at radius 3 is 2.37 bits per heavy atom. The SMILES string of the molecule is CN(CCN1CCC(OC(=O)Nc2ccccc2-c2ccccc2)CC1)C(=O)c1ccc(CNCCc2ccc(O)cc2)cc1F. The molecule has 5 rings (SSSR count). The summed E-state index contributed by atoms with van der Waals surface area (Å²) in [6.45, 7) is 3.78. The molecule has 0 aromatic heterocycles. The molecule has 240 valence electrons. The Hall–Kier alpha value is -4.73. The second-order valence-electron chi connectivity index (χ2n) is 11.6. The molecule has 9 heteroatoms. The lowest BCUT2D eigenvalue weighted by Gasteiger charge is -2.32. The van der Waals surface area contributed by atoms with Gasteiger partial charge < -0.3 is 25.0 Å². The van der Waals surface area contributed by atoms with Crippen LogP contribution in [0.2, 0.25) is 0 Å². The van der Waals surface area contributed by atoms with Gasteiger partial charge in [-0.2, -0.15) is 0 Å². The standard InChI is InChI=1S/C37H41FN4O4/c1-41(36(44)33-16-13-28(25-34(33)38)26-39-20-17-27-11-14-30(43)15-12-27)23-24-42-21-18-31(19-22-42)46-37(45)40-35-10-6-5-9-32(35)29-7-3-2-4-8-29/h2-16,25,31,39,43H,17-24,26H2,1H3,(H,40,45). The van der Waals surface area contributed by atoms with Crippen LogP contribution in [-0.2, 0) is 17.7 Å². The number of anilines is 1. The highest BCUT2D eigenvalue weighted by Crippen LogP contribution is 2.28. The molecule has 0 spiro atoms. The van der Waals surface area contributed by atoms with E-state index in [0.717, 1.165) is 41.8 Å². The summed E-state index contributed by atoms with van der Waals surface area (Å²) in [5, 5.41) is 15.6. The quantitative estimate of drug-likeness (QED) is 0.160. The number of para-hydroxylation sites is 1. The highest BCUT2D eigenvalue weighted by atomic mass is 19.1. The zero-order chi connectivity index (χ0) is 32.3. The van der Waals surface area contributed by atoms with E-state index in [2.05, 4.69) is 15.5 Å². The molecule has 3 N–H and O–H groups in total. The Morgan fingerprint density at radius 1 is 0.935 bits per heavy atom. The number of hydrogen-bond donors (Lipinski definition) is 3. The molecule has 1 saturated heterocycles. The minimum Gasteiger partial charge on any atom is -0.508 e. The number of ether oxygens (including phenoxy) is 1. The monoisotopic (exact) mass is 624 g/mol. The number of phenolic OH excluding ortho intramolecular Hbond substituents is 1. The number of phenols is 1. The van der Waals surface area contributed by atoms with Crippen LogP contribution >= 0.6 is 0 Å². The number of hydrogen-bond acceptors (Lipinski definition) is 6. The van der Waals surface area contributed by atoms with E-state index < -0.39 is 11.9 Å². The van der Waals surface area contributed by atoms with E-state index in [4.69, 9.17) is 4.74 Å². The zero-order valence-corrected chi connectivity index (χ0v) is 26.1. The third-order valence-electron chi connectivity index (χ3n) is 8.28. The first-order chi connectivity index (χ1) is 22.4. The molecule has 0 saturated carbocycles. The van der Waals surface area contributed by atoms with Crippen LogP contribution in [0.25, 0.3) is 11.1 Å². The first kappa shape index (κ1) is 32.7. The Bertz CT molecular complexity index is 1590. The average molecular weight is 625 g/mol. The van der Waals surface area contributed by atoms with Crippen LogP contribution in [0, 0.1) is 5.82 Å². The second kappa shape index (κ2) is 16.0. The van der Waals surface area contributed by atoms with E-state index in [9.17, 15) is 19.1 Å². The van der Waals surface area contributed by atoms with Gasteiger partial charge in [-0.05, 0) is 72.8 Å². The summed E-state index contributed by atoms with van der Waals surface area (Å²) in [4.78, 5) is 29.5. The molecule has 4 aromatic rings. The topological polar surface area (TPSA) is 94.1 Å². The number of amides is 2. The third kappa shape index (κ3) is 9.15. The molecule has 8 nitrogen and oxygen atoms in total. The van der Waals surface area contributed by atoms with Crippen molar-refractivity contribution in [2.75, 3.05) is 45.1 Å². The normalized spacial score (nSPS) is 13.7. The molecule has 1 heterocycles. The summed E-state index contributed by atoms with van der Waals surface area (Å²) in [5.74, 6) is -0.643. The van der Waals surface area contributed by atoms with Crippen LogP contribution < -0.4 is 10.6 Å². The fraction of sp³-hybridized carbons (Fsp3) is 0.297. The van der Waals surface area contributed by atoms with E-state index in [1.807, 2.05) is 66.7 Å². The third-order valence-corrected chi connectivity index (χ3v) is 8.28. The van der Waals surface area contributed by atoms with Gasteiger partial charge in [-0.1, -0.05) is 66.7 Å². The highest BCUT2D eigenvalue weighted by molar-refractivity contribution is 5.94. The van der Waals surface area contributed by atoms with Crippen LogP contribution in [0.3, 0.4) is 0 Å². The number of aromatic hydroxyl groups is 1. The Balaban J connectivity index is 1.01. The van der Waals surface area contributed by atoms with Crippen molar-refractivity contribution in [3.8, 4) is 16.9 Å². The Kier molecular flexibility index (Phi) is 11.4. The van der Waals surface area contributed by atoms with E-state index in [0.29, 0.717) is 44.7 Å². The lowest BCUT2D eigenvalue weighted by atomic mass is 10.0. The maximum atomic E-state index is 14.9. The van der Waals surface area contributed by atoms with Crippen molar-refractivity contribution >= 4 is 17.7 Å². The van der Waals surface area contributed by atoms with Crippen molar-refractivity contribution in [1.82, 2.24) is 15.1 Å². The molecule has 4 aromatic carbocycles. The van der Waals surface area contributed by atoms with Crippen molar-refractivity contribution < 1.29 is 23.8 Å². The number of benzene rings is 4. The number of nitrogens with one attached hydrogen (secondary N) is 2. The van der Waals surface area contributed by atoms with Crippen molar-refractivity contribution in [2.24, 2.45) is 0 Å². The first-order valence-electron chi connectivity index (χ1n) is 15.7. The summed E-state index contributed by atoms with van der Waals surface area (Å²) >= 11 is 0. The second-order valence-corrected chi connectivity index (χ2v) is 11.6. The summed E-state index contributed by atoms with van der Waals surface area (Å²) in [6, 6.07) is 29.3. The summed E-state index contributed by atoms with van der Waals surface area (Å²) in [6.07, 6.45) is 1.53. The molecule has 0 unspecified atom stereocenters. The average Bonchev–Trinajstić information content (AvgIpc) is 3.07. The van der Waals surface area contributed by atoms with Gasteiger partial charge in [-0.3, -0.25) is 10.1 Å². The predicted octanol–water partition coefficient (Wildman–Crippen LogP) is 6.32. The van der Waals surface area contributed by atoms with Crippen LogP contribution in [0.5, 0.6) is 5.75 Å². The van der Waals surface area contributed by atoms with E-state index in [1.165, 1.54) is 6.07 Å². The smallest absolute Gasteiger partial charge is 0.411 e. The molecule has 0 aliphatic carbocycles. The predicted molar refractivity (Wildman–Crippen MR) is 178 cm³/mol. The molecule has 0 radical (unpaired) electrons. The Labute approximate surface area is 269 Å². The fourth-order valence-electron chi connectivity index (χ4n) is 5.57. The number of rotatable bonds is 12. The molecule has 0 atom stereocenters. The number of likely N-dealkylation sites (tertiary alicyclic amines) is 1. The van der Waals surface area contributed by atoms with Crippen LogP contribution in [0.4, 0.5) is 14.9 Å². The number of nitrogens with zero attached hydrogens (tertiary/aromatic N) is 2. The van der Waals surface area contributed by atoms with Gasteiger partial charge in [-0.15, -0.1) is 0 Å². The van der Waals surface area contributed by atoms with E-state index in [1.54, 1.807) is 36.2 Å². The van der Waals surface area contributed by atoms with E-state index in [-0.39, 0.29) is 23.3 Å². The van der Waals surface area contributed by atoms with Crippen molar-refractivity contribution in [2.45, 2.75) is 31.9 Å². The molecular weight excluding hydrogens is 583 g/mol. The molecule has 0 bridgehead atoms. The van der Waals surface area contributed by atoms with Gasteiger partial charge in [0.25, 0.3) is 5.91 Å². The summed E-state index contributed by atoms with van der Waals surface area (Å²) in [7, 11) is 1.69. The van der Waals surface area contributed by atoms with Gasteiger partial charge >= 0.3 is 6.09 Å². The van der Waals surface area contributed by atoms with E-state index >= 15 is 0 Å². The summed E-state index contributed by atoms with van der Waals surface area (Å²) < 4.78 is 20.6. The van der Waals surface area contributed by atoms with Crippen molar-refractivity contribution in [3.63, 3.8) is 0 Å². The van der Waals surface area contributed by atoms with Crippen LogP contribution in [0.1, 0.15) is 34.3 Å². The number of halogens is 1. The molecular formula is C37H41FN4O4. The largest absolute Gasteiger partial charge is 0.508 e. The molecule has 1 fully saturated rings. The molecule has 1 aliphatic heterocycles. The van der Waals surface area contributed by atoms with Crippen molar-refractivity contribution in [3.05, 3.63) is 120 Å². The maximum Gasteiger partial charge on any atom is 0.411 e. The number of carbonyl (C=O) groups is 2. The number of piperidine rings is 1. The minimum atomic E-state index is -0.530. The van der Waals surface area contributed by atoms with Gasteiger partial charge in [0.1, 0.15) is 17.7 Å².